The molecule has 0 saturated carbocycles. The zero-order valence-corrected chi connectivity index (χ0v) is 5.78. The second-order valence-electron chi connectivity index (χ2n) is 0.101. The van der Waals surface area contributed by atoms with Gasteiger partial charge in [-0.2, -0.15) is 0 Å². The molecule has 0 rings (SSSR count). The van der Waals surface area contributed by atoms with E-state index >= 15 is 0 Å². The summed E-state index contributed by atoms with van der Waals surface area (Å²) >= 11 is 4.55. The zero-order chi connectivity index (χ0) is 2.71. The quantitative estimate of drug-likeness (QED) is 0.473. The van der Waals surface area contributed by atoms with Gasteiger partial charge in [-0.25, -0.2) is 0 Å². The summed E-state index contributed by atoms with van der Waals surface area (Å²) in [4.78, 5) is 0. The van der Waals surface area contributed by atoms with Crippen LogP contribution in [0.3, 0.4) is 0 Å². The van der Waals surface area contributed by atoms with Crippen molar-refractivity contribution in [2.75, 3.05) is 2.43 Å². The molecule has 2 heteroatoms. The molecule has 0 atom stereocenters. The van der Waals surface area contributed by atoms with Gasteiger partial charge < -0.3 is 0 Å². The van der Waals surface area contributed by atoms with Crippen LogP contribution in [0.25, 0.3) is 0 Å². The fourth-order valence-corrected chi connectivity index (χ4v) is 0. The average molecular weight is 284 g/mol. The van der Waals surface area contributed by atoms with E-state index in [2.05, 4.69) is 45.2 Å². The van der Waals surface area contributed by atoms with Crippen LogP contribution in [0.15, 0.2) is 0 Å². The molecule has 0 fully saturated rings. The summed E-state index contributed by atoms with van der Waals surface area (Å²) in [5.74, 6) is 0. The van der Waals surface area contributed by atoms with Gasteiger partial charge in [0.15, 0.2) is 0 Å². The van der Waals surface area contributed by atoms with E-state index in [9.17, 15) is 0 Å². The molecule has 0 aromatic carbocycles. The smallest absolute Gasteiger partial charge is 0.0516 e. The van der Waals surface area contributed by atoms with Crippen LogP contribution in [0.2, 0.25) is 0 Å². The van der Waals surface area contributed by atoms with E-state index < -0.39 is 0 Å². The lowest BCUT2D eigenvalue weighted by Crippen LogP contribution is -1.17. The molecule has 0 bridgehead atoms. The van der Waals surface area contributed by atoms with E-state index in [1.54, 1.807) is 0 Å². The fourth-order valence-electron chi connectivity index (χ4n) is 0. The molecule has 28 valence electrons. The van der Waals surface area contributed by atoms with Gasteiger partial charge in [-0.05, 0) is 0 Å². The summed E-state index contributed by atoms with van der Waals surface area (Å²) in [6, 6.07) is 0. The maximum absolute atomic E-state index is 2.28. The maximum atomic E-state index is 2.28. The SMILES string of the molecule is C.ICI. The lowest BCUT2D eigenvalue weighted by molar-refractivity contribution is 2.50. The van der Waals surface area contributed by atoms with Gasteiger partial charge in [0.05, 0.1) is 2.43 Å². The van der Waals surface area contributed by atoms with Gasteiger partial charge in [-0.1, -0.05) is 52.6 Å². The third-order valence-corrected chi connectivity index (χ3v) is 0. The third-order valence-electron chi connectivity index (χ3n) is 0. The first kappa shape index (κ1) is 9.07. The number of hydrogen-bond acceptors (Lipinski definition) is 0. The van der Waals surface area contributed by atoms with Crippen molar-refractivity contribution in [3.8, 4) is 0 Å². The van der Waals surface area contributed by atoms with Crippen molar-refractivity contribution in [2.24, 2.45) is 0 Å². The molecule has 0 N–H and O–H groups in total. The van der Waals surface area contributed by atoms with Gasteiger partial charge in [-0.3, -0.25) is 0 Å². The summed E-state index contributed by atoms with van der Waals surface area (Å²) in [5, 5.41) is 0. The van der Waals surface area contributed by atoms with Crippen molar-refractivity contribution in [3.63, 3.8) is 0 Å². The minimum absolute atomic E-state index is 0. The standard InChI is InChI=1S/CH2I2.CH4/c2-1-3;/h1H2;1H4. The van der Waals surface area contributed by atoms with Crippen molar-refractivity contribution >= 4 is 45.2 Å². The van der Waals surface area contributed by atoms with Gasteiger partial charge in [-0.15, -0.1) is 0 Å². The highest BCUT2D eigenvalue weighted by molar-refractivity contribution is 14.2. The number of halogens is 2. The van der Waals surface area contributed by atoms with Crippen molar-refractivity contribution in [1.82, 2.24) is 0 Å². The molecule has 0 unspecified atom stereocenters. The van der Waals surface area contributed by atoms with Gasteiger partial charge >= 0.3 is 0 Å². The molecule has 0 aliphatic heterocycles. The first-order chi connectivity index (χ1) is 1.41. The Morgan fingerprint density at radius 3 is 1.25 bits per heavy atom. The Labute approximate surface area is 54.6 Å². The van der Waals surface area contributed by atoms with Crippen molar-refractivity contribution in [3.05, 3.63) is 0 Å². The van der Waals surface area contributed by atoms with E-state index in [1.807, 2.05) is 0 Å². The fraction of sp³-hybridized carbons (Fsp3) is 1.00. The highest BCUT2D eigenvalue weighted by Crippen LogP contribution is 1.86. The van der Waals surface area contributed by atoms with Crippen LogP contribution < -0.4 is 0 Å². The van der Waals surface area contributed by atoms with Crippen LogP contribution in [0.5, 0.6) is 0 Å². The monoisotopic (exact) mass is 284 g/mol. The van der Waals surface area contributed by atoms with Crippen LogP contribution in [-0.2, 0) is 0 Å². The highest BCUT2D eigenvalue weighted by atomic mass is 127. The van der Waals surface area contributed by atoms with Crippen molar-refractivity contribution < 1.29 is 0 Å². The molecule has 0 spiro atoms. The molecule has 0 amide bonds. The Morgan fingerprint density at radius 2 is 1.25 bits per heavy atom. The summed E-state index contributed by atoms with van der Waals surface area (Å²) in [6.07, 6.45) is 0. The predicted octanol–water partition coefficient (Wildman–Crippen LogP) is 2.45. The van der Waals surface area contributed by atoms with E-state index in [-0.39, 0.29) is 7.43 Å². The summed E-state index contributed by atoms with van der Waals surface area (Å²) in [5.41, 5.74) is 0. The first-order valence-electron chi connectivity index (χ1n) is 0.535. The molecular formula is C2H6I2. The van der Waals surface area contributed by atoms with E-state index in [4.69, 9.17) is 0 Å². The maximum Gasteiger partial charge on any atom is 0.0516 e. The zero-order valence-electron chi connectivity index (χ0n) is 1.46. The number of hydrogen-bond donors (Lipinski definition) is 0. The molecule has 0 heterocycles. The Morgan fingerprint density at radius 1 is 1.25 bits per heavy atom. The average Bonchev–Trinajstić information content (AvgIpc) is 0.918. The molecular weight excluding hydrogens is 278 g/mol. The molecule has 0 aromatic heterocycles. The predicted molar refractivity (Wildman–Crippen MR) is 39.6 cm³/mol. The second-order valence-corrected chi connectivity index (χ2v) is 4.55. The lowest BCUT2D eigenvalue weighted by atomic mass is 12.0. The summed E-state index contributed by atoms with van der Waals surface area (Å²) in [7, 11) is 0. The van der Waals surface area contributed by atoms with Gasteiger partial charge in [0, 0.05) is 0 Å². The lowest BCUT2D eigenvalue weighted by Gasteiger charge is -1.43. The Balaban J connectivity index is 0. The first-order valence-corrected chi connectivity index (χ1v) is 3.59. The molecule has 0 radical (unpaired) electrons. The van der Waals surface area contributed by atoms with Crippen molar-refractivity contribution in [1.29, 1.82) is 0 Å². The van der Waals surface area contributed by atoms with Crippen molar-refractivity contribution in [2.45, 2.75) is 7.43 Å². The molecule has 0 aromatic rings. The van der Waals surface area contributed by atoms with Gasteiger partial charge in [0.25, 0.3) is 0 Å². The van der Waals surface area contributed by atoms with E-state index in [0.29, 0.717) is 0 Å². The largest absolute Gasteiger partial charge is 0.0776 e. The summed E-state index contributed by atoms with van der Waals surface area (Å²) < 4.78 is 1.19. The summed E-state index contributed by atoms with van der Waals surface area (Å²) in [6.45, 7) is 0. The Hall–Kier alpha value is 1.46. The van der Waals surface area contributed by atoms with Crippen LogP contribution in [-0.4, -0.2) is 2.43 Å². The van der Waals surface area contributed by atoms with Crippen LogP contribution in [0.1, 0.15) is 7.43 Å². The minimum atomic E-state index is 0. The topological polar surface area (TPSA) is 0 Å². The van der Waals surface area contributed by atoms with E-state index in [1.165, 1.54) is 2.43 Å². The Bertz CT molecular complexity index is 4.00. The van der Waals surface area contributed by atoms with Crippen LogP contribution in [0, 0.1) is 0 Å². The molecule has 0 aliphatic rings. The molecule has 0 aliphatic carbocycles. The minimum Gasteiger partial charge on any atom is -0.0776 e. The normalized spacial score (nSPS) is 4.50. The molecule has 0 nitrogen and oxygen atoms in total. The van der Waals surface area contributed by atoms with Gasteiger partial charge in [0.2, 0.25) is 0 Å². The Kier molecular flexibility index (Phi) is 20.0. The molecule has 0 saturated heterocycles. The van der Waals surface area contributed by atoms with Gasteiger partial charge in [0.1, 0.15) is 0 Å². The van der Waals surface area contributed by atoms with Crippen LogP contribution >= 0.6 is 45.2 Å². The second kappa shape index (κ2) is 8.82. The number of alkyl halides is 2. The third kappa shape index (κ3) is 9.82. The highest BCUT2D eigenvalue weighted by Gasteiger charge is 1.40. The van der Waals surface area contributed by atoms with Crippen LogP contribution in [0.4, 0.5) is 0 Å². The molecule has 4 heavy (non-hydrogen) atoms. The number of rotatable bonds is 0. The van der Waals surface area contributed by atoms with E-state index in [0.717, 1.165) is 0 Å².